The van der Waals surface area contributed by atoms with E-state index in [-0.39, 0.29) is 17.6 Å². The molecule has 2 aromatic rings. The number of halogens is 1. The molecule has 1 aromatic heterocycles. The normalized spacial score (nSPS) is 12.3. The van der Waals surface area contributed by atoms with Crippen LogP contribution in [0.3, 0.4) is 0 Å². The molecule has 102 valence electrons. The summed E-state index contributed by atoms with van der Waals surface area (Å²) in [7, 11) is 1.46. The SMILES string of the molecule is COc1ccc(C(C)Nc2c(C)n[nH]c2C)cc1F. The number of H-pyrrole nitrogens is 1. The summed E-state index contributed by atoms with van der Waals surface area (Å²) in [6.45, 7) is 5.85. The summed E-state index contributed by atoms with van der Waals surface area (Å²) in [5.74, 6) is -0.0964. The van der Waals surface area contributed by atoms with E-state index >= 15 is 0 Å². The van der Waals surface area contributed by atoms with Gasteiger partial charge in [0.15, 0.2) is 11.6 Å². The predicted molar refractivity (Wildman–Crippen MR) is 73.1 cm³/mol. The van der Waals surface area contributed by atoms with Crippen molar-refractivity contribution in [3.63, 3.8) is 0 Å². The molecule has 5 heteroatoms. The van der Waals surface area contributed by atoms with Crippen LogP contribution >= 0.6 is 0 Å². The third-order valence-corrected chi connectivity index (χ3v) is 3.16. The van der Waals surface area contributed by atoms with Crippen molar-refractivity contribution in [1.82, 2.24) is 10.2 Å². The molecular formula is C14H18FN3O. The van der Waals surface area contributed by atoms with E-state index in [0.29, 0.717) is 0 Å². The molecule has 2 rings (SSSR count). The van der Waals surface area contributed by atoms with E-state index in [9.17, 15) is 4.39 Å². The molecule has 0 bridgehead atoms. The van der Waals surface area contributed by atoms with Gasteiger partial charge in [-0.25, -0.2) is 4.39 Å². The van der Waals surface area contributed by atoms with Gasteiger partial charge in [0, 0.05) is 6.04 Å². The number of anilines is 1. The molecular weight excluding hydrogens is 245 g/mol. The van der Waals surface area contributed by atoms with Crippen LogP contribution in [-0.4, -0.2) is 17.3 Å². The van der Waals surface area contributed by atoms with Crippen LogP contribution in [0.5, 0.6) is 5.75 Å². The van der Waals surface area contributed by atoms with Crippen molar-refractivity contribution < 1.29 is 9.13 Å². The number of aromatic amines is 1. The van der Waals surface area contributed by atoms with Crippen molar-refractivity contribution >= 4 is 5.69 Å². The van der Waals surface area contributed by atoms with Gasteiger partial charge in [0.2, 0.25) is 0 Å². The molecule has 0 spiro atoms. The number of rotatable bonds is 4. The molecule has 1 unspecified atom stereocenters. The Morgan fingerprint density at radius 3 is 2.63 bits per heavy atom. The minimum atomic E-state index is -0.353. The standard InChI is InChI=1S/C14H18FN3O/c1-8(16-14-9(2)17-18-10(14)3)11-5-6-13(19-4)12(15)7-11/h5-8,16H,1-4H3,(H,17,18). The smallest absolute Gasteiger partial charge is 0.165 e. The summed E-state index contributed by atoms with van der Waals surface area (Å²) in [6, 6.07) is 4.96. The first-order valence-electron chi connectivity index (χ1n) is 6.14. The highest BCUT2D eigenvalue weighted by molar-refractivity contribution is 5.53. The zero-order valence-corrected chi connectivity index (χ0v) is 11.5. The van der Waals surface area contributed by atoms with Crippen LogP contribution in [-0.2, 0) is 0 Å². The van der Waals surface area contributed by atoms with Gasteiger partial charge in [-0.2, -0.15) is 5.10 Å². The van der Waals surface area contributed by atoms with Gasteiger partial charge in [-0.1, -0.05) is 6.07 Å². The van der Waals surface area contributed by atoms with Crippen molar-refractivity contribution in [2.45, 2.75) is 26.8 Å². The van der Waals surface area contributed by atoms with Crippen molar-refractivity contribution in [3.05, 3.63) is 41.0 Å². The largest absolute Gasteiger partial charge is 0.494 e. The summed E-state index contributed by atoms with van der Waals surface area (Å²) in [5, 5.41) is 10.4. The van der Waals surface area contributed by atoms with Crippen LogP contribution in [0.4, 0.5) is 10.1 Å². The van der Waals surface area contributed by atoms with Gasteiger partial charge in [0.25, 0.3) is 0 Å². The minimum Gasteiger partial charge on any atom is -0.494 e. The summed E-state index contributed by atoms with van der Waals surface area (Å²) in [6.07, 6.45) is 0. The zero-order valence-electron chi connectivity index (χ0n) is 11.5. The van der Waals surface area contributed by atoms with E-state index in [0.717, 1.165) is 22.6 Å². The van der Waals surface area contributed by atoms with E-state index in [1.54, 1.807) is 6.07 Å². The van der Waals surface area contributed by atoms with Gasteiger partial charge in [0.05, 0.1) is 24.2 Å². The molecule has 1 atom stereocenters. The number of hydrogen-bond acceptors (Lipinski definition) is 3. The maximum absolute atomic E-state index is 13.7. The van der Waals surface area contributed by atoms with Crippen LogP contribution < -0.4 is 10.1 Å². The molecule has 1 aromatic carbocycles. The van der Waals surface area contributed by atoms with Gasteiger partial charge >= 0.3 is 0 Å². The number of aryl methyl sites for hydroxylation is 2. The van der Waals surface area contributed by atoms with E-state index in [1.165, 1.54) is 13.2 Å². The monoisotopic (exact) mass is 263 g/mol. The van der Waals surface area contributed by atoms with Crippen molar-refractivity contribution in [3.8, 4) is 5.75 Å². The van der Waals surface area contributed by atoms with Crippen LogP contribution in [0.1, 0.15) is 29.9 Å². The zero-order chi connectivity index (χ0) is 14.0. The highest BCUT2D eigenvalue weighted by atomic mass is 19.1. The molecule has 0 aliphatic carbocycles. The van der Waals surface area contributed by atoms with Crippen molar-refractivity contribution in [2.24, 2.45) is 0 Å². The third-order valence-electron chi connectivity index (χ3n) is 3.16. The van der Waals surface area contributed by atoms with Crippen LogP contribution in [0.15, 0.2) is 18.2 Å². The molecule has 2 N–H and O–H groups in total. The Balaban J connectivity index is 2.20. The maximum atomic E-state index is 13.7. The second-order valence-corrected chi connectivity index (χ2v) is 4.57. The first-order valence-corrected chi connectivity index (χ1v) is 6.14. The number of nitrogens with zero attached hydrogens (tertiary/aromatic N) is 1. The first kappa shape index (κ1) is 13.4. The molecule has 4 nitrogen and oxygen atoms in total. The Labute approximate surface area is 112 Å². The van der Waals surface area contributed by atoms with Gasteiger partial charge in [-0.15, -0.1) is 0 Å². The number of benzene rings is 1. The molecule has 0 radical (unpaired) electrons. The molecule has 0 aliphatic rings. The second-order valence-electron chi connectivity index (χ2n) is 4.57. The van der Waals surface area contributed by atoms with Crippen molar-refractivity contribution in [1.29, 1.82) is 0 Å². The second kappa shape index (κ2) is 5.30. The topological polar surface area (TPSA) is 49.9 Å². The Morgan fingerprint density at radius 1 is 1.37 bits per heavy atom. The molecule has 1 heterocycles. The molecule has 0 saturated heterocycles. The Morgan fingerprint density at radius 2 is 2.11 bits per heavy atom. The lowest BCUT2D eigenvalue weighted by atomic mass is 10.1. The molecule has 0 amide bonds. The summed E-state index contributed by atoms with van der Waals surface area (Å²) in [4.78, 5) is 0. The average Bonchev–Trinajstić information content (AvgIpc) is 2.70. The number of methoxy groups -OCH3 is 1. The fraction of sp³-hybridized carbons (Fsp3) is 0.357. The Hall–Kier alpha value is -2.04. The lowest BCUT2D eigenvalue weighted by Crippen LogP contribution is -2.08. The van der Waals surface area contributed by atoms with E-state index in [1.807, 2.05) is 26.8 Å². The molecule has 0 fully saturated rings. The number of hydrogen-bond donors (Lipinski definition) is 2. The van der Waals surface area contributed by atoms with Gasteiger partial charge < -0.3 is 10.1 Å². The van der Waals surface area contributed by atoms with E-state index in [2.05, 4.69) is 15.5 Å². The summed E-state index contributed by atoms with van der Waals surface area (Å²) < 4.78 is 18.6. The summed E-state index contributed by atoms with van der Waals surface area (Å²) in [5.41, 5.74) is 3.69. The van der Waals surface area contributed by atoms with E-state index < -0.39 is 0 Å². The quantitative estimate of drug-likeness (QED) is 0.889. The van der Waals surface area contributed by atoms with Gasteiger partial charge in [-0.05, 0) is 38.5 Å². The lowest BCUT2D eigenvalue weighted by molar-refractivity contribution is 0.386. The third kappa shape index (κ3) is 2.70. The molecule has 0 saturated carbocycles. The predicted octanol–water partition coefficient (Wildman–Crippen LogP) is 3.35. The molecule has 19 heavy (non-hydrogen) atoms. The fourth-order valence-corrected chi connectivity index (χ4v) is 2.02. The molecule has 0 aliphatic heterocycles. The van der Waals surface area contributed by atoms with Gasteiger partial charge in [-0.3, -0.25) is 5.10 Å². The lowest BCUT2D eigenvalue weighted by Gasteiger charge is -2.16. The fourth-order valence-electron chi connectivity index (χ4n) is 2.02. The number of nitrogens with one attached hydrogen (secondary N) is 2. The Kier molecular flexibility index (Phi) is 3.74. The average molecular weight is 263 g/mol. The Bertz CT molecular complexity index is 561. The first-order chi connectivity index (χ1) is 9.02. The number of ether oxygens (including phenoxy) is 1. The van der Waals surface area contributed by atoms with Crippen LogP contribution in [0, 0.1) is 19.7 Å². The highest BCUT2D eigenvalue weighted by Crippen LogP contribution is 2.26. The van der Waals surface area contributed by atoms with E-state index in [4.69, 9.17) is 4.74 Å². The minimum absolute atomic E-state index is 0.0181. The highest BCUT2D eigenvalue weighted by Gasteiger charge is 2.13. The number of aromatic nitrogens is 2. The maximum Gasteiger partial charge on any atom is 0.165 e. The van der Waals surface area contributed by atoms with Crippen LogP contribution in [0.25, 0.3) is 0 Å². The van der Waals surface area contributed by atoms with Crippen molar-refractivity contribution in [2.75, 3.05) is 12.4 Å². The van der Waals surface area contributed by atoms with Crippen LogP contribution in [0.2, 0.25) is 0 Å². The van der Waals surface area contributed by atoms with Gasteiger partial charge in [0.1, 0.15) is 0 Å². The summed E-state index contributed by atoms with van der Waals surface area (Å²) >= 11 is 0.